The van der Waals surface area contributed by atoms with Gasteiger partial charge in [0.15, 0.2) is 0 Å². The molecule has 1 fully saturated rings. The Labute approximate surface area is 150 Å². The van der Waals surface area contributed by atoms with E-state index in [1.807, 2.05) is 38.1 Å². The van der Waals surface area contributed by atoms with Gasteiger partial charge in [-0.15, -0.1) is 11.8 Å². The quantitative estimate of drug-likeness (QED) is 0.691. The summed E-state index contributed by atoms with van der Waals surface area (Å²) in [4.78, 5) is 22.9. The lowest BCUT2D eigenvalue weighted by Crippen LogP contribution is -2.29. The first kappa shape index (κ1) is 16.0. The van der Waals surface area contributed by atoms with Crippen molar-refractivity contribution in [1.29, 1.82) is 0 Å². The molecule has 1 amide bonds. The zero-order valence-corrected chi connectivity index (χ0v) is 16.0. The van der Waals surface area contributed by atoms with Gasteiger partial charge in [-0.2, -0.15) is 0 Å². The van der Waals surface area contributed by atoms with Crippen LogP contribution in [-0.4, -0.2) is 21.6 Å². The summed E-state index contributed by atoms with van der Waals surface area (Å²) < 4.78 is 1.95. The Kier molecular flexibility index (Phi) is 4.56. The fourth-order valence-corrected chi connectivity index (χ4v) is 5.42. The molecule has 0 unspecified atom stereocenters. The summed E-state index contributed by atoms with van der Waals surface area (Å²) in [7, 11) is 0. The predicted molar refractivity (Wildman–Crippen MR) is 96.0 cm³/mol. The van der Waals surface area contributed by atoms with Gasteiger partial charge in [0.05, 0.1) is 5.75 Å². The Morgan fingerprint density at radius 3 is 2.55 bits per heavy atom. The largest absolute Gasteiger partial charge is 0.279 e. The topological polar surface area (TPSA) is 46.1 Å². The van der Waals surface area contributed by atoms with Gasteiger partial charge in [-0.1, -0.05) is 37.9 Å². The molecule has 7 heteroatoms. The normalized spacial score (nSPS) is 18.1. The summed E-state index contributed by atoms with van der Waals surface area (Å²) in [5.74, 6) is 1.84. The van der Waals surface area contributed by atoms with Crippen molar-refractivity contribution in [2.75, 3.05) is 10.7 Å². The van der Waals surface area contributed by atoms with Crippen LogP contribution in [0.25, 0.3) is 0 Å². The van der Waals surface area contributed by atoms with Crippen LogP contribution in [0, 0.1) is 13.8 Å². The molecule has 0 spiro atoms. The number of nitrogens with zero attached hydrogens (tertiary/aromatic N) is 3. The molecule has 4 nitrogen and oxygen atoms in total. The molecule has 1 aromatic carbocycles. The van der Waals surface area contributed by atoms with Gasteiger partial charge in [0, 0.05) is 26.3 Å². The first-order chi connectivity index (χ1) is 10.5. The van der Waals surface area contributed by atoms with Gasteiger partial charge in [-0.05, 0) is 26.0 Å². The second-order valence-corrected chi connectivity index (χ2v) is 7.75. The number of thioether (sulfide) groups is 1. The minimum Gasteiger partial charge on any atom is -0.279 e. The van der Waals surface area contributed by atoms with Gasteiger partial charge in [0.2, 0.25) is 5.91 Å². The van der Waals surface area contributed by atoms with Gasteiger partial charge in [-0.25, -0.2) is 9.97 Å². The maximum Gasteiger partial charge on any atom is 0.239 e. The van der Waals surface area contributed by atoms with E-state index in [2.05, 4.69) is 41.8 Å². The van der Waals surface area contributed by atoms with Crippen molar-refractivity contribution in [3.05, 3.63) is 50.3 Å². The summed E-state index contributed by atoms with van der Waals surface area (Å²) in [5, 5.41) is -0.105. The van der Waals surface area contributed by atoms with E-state index in [1.165, 1.54) is 0 Å². The standard InChI is InChI=1S/C15H13Br2N3OS/c1-8-6-12(19-9(2)18-8)20-13(21)7-22-15(20)14-10(16)4-3-5-11(14)17/h3-6,15H,7H2,1-2H3/t15-/m1/s1. The Hall–Kier alpha value is -0.920. The first-order valence-corrected chi connectivity index (χ1v) is 9.30. The lowest BCUT2D eigenvalue weighted by Gasteiger charge is -2.25. The van der Waals surface area contributed by atoms with Crippen molar-refractivity contribution in [3.63, 3.8) is 0 Å². The maximum atomic E-state index is 12.4. The Balaban J connectivity index is 2.10. The Bertz CT molecular complexity index is 713. The SMILES string of the molecule is Cc1cc(N2C(=O)CS[C@@H]2c2c(Br)cccc2Br)nc(C)n1. The molecule has 0 saturated carbocycles. The lowest BCUT2D eigenvalue weighted by molar-refractivity contribution is -0.115. The van der Waals surface area contributed by atoms with Gasteiger partial charge in [-0.3, -0.25) is 9.69 Å². The molecular formula is C15H13Br2N3OS. The number of hydrogen-bond donors (Lipinski definition) is 0. The summed E-state index contributed by atoms with van der Waals surface area (Å²) in [6.07, 6.45) is 0. The Morgan fingerprint density at radius 2 is 1.91 bits per heavy atom. The van der Waals surface area contributed by atoms with E-state index in [9.17, 15) is 4.79 Å². The molecule has 1 aliphatic rings. The third-order valence-corrected chi connectivity index (χ3v) is 5.87. The maximum absolute atomic E-state index is 12.4. The van der Waals surface area contributed by atoms with Crippen LogP contribution in [0.2, 0.25) is 0 Å². The fourth-order valence-electron chi connectivity index (χ4n) is 2.45. The van der Waals surface area contributed by atoms with E-state index < -0.39 is 0 Å². The molecule has 22 heavy (non-hydrogen) atoms. The molecule has 1 aliphatic heterocycles. The van der Waals surface area contributed by atoms with E-state index in [0.29, 0.717) is 17.4 Å². The second kappa shape index (κ2) is 6.29. The van der Waals surface area contributed by atoms with Crippen LogP contribution < -0.4 is 4.90 Å². The summed E-state index contributed by atoms with van der Waals surface area (Å²) in [6.45, 7) is 3.75. The zero-order chi connectivity index (χ0) is 15.9. The highest BCUT2D eigenvalue weighted by atomic mass is 79.9. The van der Waals surface area contributed by atoms with Crippen LogP contribution >= 0.6 is 43.6 Å². The minimum absolute atomic E-state index is 0.0650. The zero-order valence-electron chi connectivity index (χ0n) is 12.0. The van der Waals surface area contributed by atoms with E-state index in [1.54, 1.807) is 16.7 Å². The van der Waals surface area contributed by atoms with E-state index in [-0.39, 0.29) is 11.3 Å². The van der Waals surface area contributed by atoms with Crippen LogP contribution in [0.1, 0.15) is 22.5 Å². The molecule has 0 N–H and O–H groups in total. The number of carbonyl (C=O) groups is 1. The molecule has 2 aromatic rings. The Morgan fingerprint density at radius 1 is 1.23 bits per heavy atom. The molecule has 1 saturated heterocycles. The molecule has 3 rings (SSSR count). The number of aryl methyl sites for hydroxylation is 2. The van der Waals surface area contributed by atoms with Crippen molar-refractivity contribution in [2.24, 2.45) is 0 Å². The molecular weight excluding hydrogens is 430 g/mol. The predicted octanol–water partition coefficient (Wildman–Crippen LogP) is 4.40. The van der Waals surface area contributed by atoms with Crippen LogP contribution in [-0.2, 0) is 4.79 Å². The van der Waals surface area contributed by atoms with Crippen molar-refractivity contribution in [2.45, 2.75) is 19.2 Å². The number of rotatable bonds is 2. The number of carbonyl (C=O) groups excluding carboxylic acids is 1. The van der Waals surface area contributed by atoms with Gasteiger partial charge < -0.3 is 0 Å². The summed E-state index contributed by atoms with van der Waals surface area (Å²) >= 11 is 8.79. The third-order valence-electron chi connectivity index (χ3n) is 3.31. The third kappa shape index (κ3) is 2.94. The average molecular weight is 443 g/mol. The molecule has 114 valence electrons. The highest BCUT2D eigenvalue weighted by Crippen LogP contribution is 2.46. The molecule has 0 aliphatic carbocycles. The van der Waals surface area contributed by atoms with Crippen LogP contribution in [0.5, 0.6) is 0 Å². The second-order valence-electron chi connectivity index (χ2n) is 4.98. The molecule has 1 atom stereocenters. The van der Waals surface area contributed by atoms with Gasteiger partial charge in [0.1, 0.15) is 17.0 Å². The molecule has 1 aromatic heterocycles. The number of halogens is 2. The smallest absolute Gasteiger partial charge is 0.239 e. The molecule has 0 bridgehead atoms. The van der Waals surface area contributed by atoms with Crippen LogP contribution in [0.3, 0.4) is 0 Å². The number of anilines is 1. The molecule has 2 heterocycles. The van der Waals surface area contributed by atoms with Gasteiger partial charge >= 0.3 is 0 Å². The van der Waals surface area contributed by atoms with Crippen molar-refractivity contribution >= 4 is 55.3 Å². The van der Waals surface area contributed by atoms with Crippen molar-refractivity contribution in [3.8, 4) is 0 Å². The number of benzene rings is 1. The number of aromatic nitrogens is 2. The number of amides is 1. The van der Waals surface area contributed by atoms with E-state index in [0.717, 1.165) is 20.2 Å². The van der Waals surface area contributed by atoms with E-state index in [4.69, 9.17) is 0 Å². The van der Waals surface area contributed by atoms with Crippen LogP contribution in [0.4, 0.5) is 5.82 Å². The van der Waals surface area contributed by atoms with Crippen molar-refractivity contribution in [1.82, 2.24) is 9.97 Å². The highest BCUT2D eigenvalue weighted by Gasteiger charge is 2.37. The minimum atomic E-state index is -0.105. The van der Waals surface area contributed by atoms with Crippen molar-refractivity contribution < 1.29 is 4.79 Å². The average Bonchev–Trinajstić information content (AvgIpc) is 2.79. The first-order valence-electron chi connectivity index (χ1n) is 6.67. The highest BCUT2D eigenvalue weighted by molar-refractivity contribution is 9.11. The number of hydrogen-bond acceptors (Lipinski definition) is 4. The summed E-state index contributed by atoms with van der Waals surface area (Å²) in [5.41, 5.74) is 1.91. The van der Waals surface area contributed by atoms with Crippen LogP contribution in [0.15, 0.2) is 33.2 Å². The molecule has 0 radical (unpaired) electrons. The lowest BCUT2D eigenvalue weighted by atomic mass is 10.2. The summed E-state index contributed by atoms with van der Waals surface area (Å²) in [6, 6.07) is 7.78. The fraction of sp³-hybridized carbons (Fsp3) is 0.267. The monoisotopic (exact) mass is 441 g/mol. The van der Waals surface area contributed by atoms with E-state index >= 15 is 0 Å². The van der Waals surface area contributed by atoms with Gasteiger partial charge in [0.25, 0.3) is 0 Å².